The minimum atomic E-state index is 0.835. The molecule has 0 amide bonds. The first-order valence-electron chi connectivity index (χ1n) is 6.13. The highest BCUT2D eigenvalue weighted by molar-refractivity contribution is 5.70. The fourth-order valence-corrected chi connectivity index (χ4v) is 2.62. The fourth-order valence-electron chi connectivity index (χ4n) is 2.62. The van der Waals surface area contributed by atoms with Crippen LogP contribution in [0.1, 0.15) is 37.2 Å². The van der Waals surface area contributed by atoms with Crippen LogP contribution in [0.15, 0.2) is 12.1 Å². The molecule has 2 aromatic heterocycles. The van der Waals surface area contributed by atoms with Gasteiger partial charge < -0.3 is 4.98 Å². The fraction of sp³-hybridized carbons (Fsp3) is 0.538. The Hall–Kier alpha value is -1.38. The molecule has 0 atom stereocenters. The average molecular weight is 215 g/mol. The molecule has 84 valence electrons. The number of aryl methyl sites for hydroxylation is 1. The second-order valence-corrected chi connectivity index (χ2v) is 4.86. The van der Waals surface area contributed by atoms with Gasteiger partial charge in [-0.05, 0) is 25.0 Å². The average Bonchev–Trinajstić information content (AvgIpc) is 2.86. The molecule has 0 radical (unpaired) electrons. The van der Waals surface area contributed by atoms with Crippen LogP contribution in [0.5, 0.6) is 0 Å². The molecule has 1 aliphatic carbocycles. The molecule has 0 bridgehead atoms. The molecule has 16 heavy (non-hydrogen) atoms. The summed E-state index contributed by atoms with van der Waals surface area (Å²) in [6.45, 7) is 2.00. The van der Waals surface area contributed by atoms with Gasteiger partial charge in [-0.25, -0.2) is 9.97 Å². The summed E-state index contributed by atoms with van der Waals surface area (Å²) in [5.74, 6) is 1.95. The van der Waals surface area contributed by atoms with Crippen LogP contribution in [-0.2, 0) is 6.42 Å². The smallest absolute Gasteiger partial charge is 0.177 e. The highest BCUT2D eigenvalue weighted by Gasteiger charge is 2.17. The van der Waals surface area contributed by atoms with Crippen molar-refractivity contribution in [3.8, 4) is 0 Å². The number of pyridine rings is 1. The number of hydrogen-bond acceptors (Lipinski definition) is 2. The van der Waals surface area contributed by atoms with E-state index in [0.717, 1.165) is 35.0 Å². The van der Waals surface area contributed by atoms with Crippen LogP contribution in [-0.4, -0.2) is 15.0 Å². The standard InChI is InChI=1S/C13H17N3/c1-9-6-7-11-13(14-9)16-12(15-11)8-10-4-2-3-5-10/h6-7,10H,2-5,8H2,1H3,(H,14,15,16). The van der Waals surface area contributed by atoms with Gasteiger partial charge in [0.15, 0.2) is 5.65 Å². The Balaban J connectivity index is 1.86. The van der Waals surface area contributed by atoms with Crippen molar-refractivity contribution in [3.63, 3.8) is 0 Å². The molecule has 0 saturated heterocycles. The quantitative estimate of drug-likeness (QED) is 0.836. The third kappa shape index (κ3) is 1.82. The number of aromatic nitrogens is 3. The zero-order valence-electron chi connectivity index (χ0n) is 9.66. The molecule has 2 heterocycles. The largest absolute Gasteiger partial charge is 0.341 e. The Morgan fingerprint density at radius 3 is 2.88 bits per heavy atom. The van der Waals surface area contributed by atoms with Crippen LogP contribution >= 0.6 is 0 Å². The second-order valence-electron chi connectivity index (χ2n) is 4.86. The zero-order valence-corrected chi connectivity index (χ0v) is 9.66. The monoisotopic (exact) mass is 215 g/mol. The summed E-state index contributed by atoms with van der Waals surface area (Å²) in [6, 6.07) is 4.10. The number of hydrogen-bond donors (Lipinski definition) is 1. The highest BCUT2D eigenvalue weighted by Crippen LogP contribution is 2.27. The Kier molecular flexibility index (Phi) is 2.39. The van der Waals surface area contributed by atoms with Crippen molar-refractivity contribution >= 4 is 11.2 Å². The molecule has 3 heteroatoms. The Labute approximate surface area is 95.3 Å². The number of aromatic amines is 1. The van der Waals surface area contributed by atoms with Gasteiger partial charge in [-0.2, -0.15) is 0 Å². The van der Waals surface area contributed by atoms with Crippen LogP contribution in [0.25, 0.3) is 11.2 Å². The normalized spacial score (nSPS) is 17.3. The summed E-state index contributed by atoms with van der Waals surface area (Å²) < 4.78 is 0. The van der Waals surface area contributed by atoms with E-state index < -0.39 is 0 Å². The summed E-state index contributed by atoms with van der Waals surface area (Å²) >= 11 is 0. The van der Waals surface area contributed by atoms with Gasteiger partial charge in [-0.3, -0.25) is 0 Å². The topological polar surface area (TPSA) is 41.6 Å². The van der Waals surface area contributed by atoms with Gasteiger partial charge in [-0.1, -0.05) is 25.7 Å². The van der Waals surface area contributed by atoms with Crippen LogP contribution < -0.4 is 0 Å². The molecule has 1 N–H and O–H groups in total. The van der Waals surface area contributed by atoms with Gasteiger partial charge in [0.1, 0.15) is 5.82 Å². The van der Waals surface area contributed by atoms with E-state index >= 15 is 0 Å². The maximum absolute atomic E-state index is 4.57. The van der Waals surface area contributed by atoms with Crippen molar-refractivity contribution in [1.29, 1.82) is 0 Å². The SMILES string of the molecule is Cc1ccc2[nH]c(CC3CCCC3)nc2n1. The Bertz CT molecular complexity index is 495. The lowest BCUT2D eigenvalue weighted by Gasteiger charge is -2.04. The molecular weight excluding hydrogens is 198 g/mol. The van der Waals surface area contributed by atoms with Crippen molar-refractivity contribution < 1.29 is 0 Å². The van der Waals surface area contributed by atoms with Crippen LogP contribution in [0.2, 0.25) is 0 Å². The number of rotatable bonds is 2. The first kappa shape index (κ1) is 9.82. The molecule has 3 nitrogen and oxygen atoms in total. The molecule has 2 aromatic rings. The van der Waals surface area contributed by atoms with E-state index in [-0.39, 0.29) is 0 Å². The van der Waals surface area contributed by atoms with Gasteiger partial charge in [-0.15, -0.1) is 0 Å². The van der Waals surface area contributed by atoms with Crippen molar-refractivity contribution in [3.05, 3.63) is 23.7 Å². The molecule has 1 fully saturated rings. The second kappa shape index (κ2) is 3.89. The maximum Gasteiger partial charge on any atom is 0.177 e. The number of imidazole rings is 1. The van der Waals surface area contributed by atoms with Crippen molar-refractivity contribution in [2.24, 2.45) is 5.92 Å². The third-order valence-corrected chi connectivity index (χ3v) is 3.49. The molecule has 0 aliphatic heterocycles. The molecular formula is C13H17N3. The summed E-state index contributed by atoms with van der Waals surface area (Å²) in [4.78, 5) is 12.4. The maximum atomic E-state index is 4.57. The van der Waals surface area contributed by atoms with E-state index in [2.05, 4.69) is 21.0 Å². The molecule has 1 saturated carbocycles. The Morgan fingerprint density at radius 2 is 2.06 bits per heavy atom. The van der Waals surface area contributed by atoms with E-state index in [1.807, 2.05) is 13.0 Å². The lowest BCUT2D eigenvalue weighted by Crippen LogP contribution is -2.00. The number of H-pyrrole nitrogens is 1. The van der Waals surface area contributed by atoms with E-state index in [1.165, 1.54) is 25.7 Å². The van der Waals surface area contributed by atoms with E-state index in [9.17, 15) is 0 Å². The first-order valence-corrected chi connectivity index (χ1v) is 6.13. The highest BCUT2D eigenvalue weighted by atomic mass is 15.0. The lowest BCUT2D eigenvalue weighted by atomic mass is 10.0. The van der Waals surface area contributed by atoms with Crippen LogP contribution in [0.4, 0.5) is 0 Å². The molecule has 3 rings (SSSR count). The molecule has 1 aliphatic rings. The van der Waals surface area contributed by atoms with E-state index in [0.29, 0.717) is 0 Å². The summed E-state index contributed by atoms with van der Waals surface area (Å²) in [5, 5.41) is 0. The van der Waals surface area contributed by atoms with Crippen molar-refractivity contribution in [2.45, 2.75) is 39.0 Å². The van der Waals surface area contributed by atoms with E-state index in [4.69, 9.17) is 0 Å². The Morgan fingerprint density at radius 1 is 1.25 bits per heavy atom. The van der Waals surface area contributed by atoms with Gasteiger partial charge in [0.05, 0.1) is 5.52 Å². The predicted octanol–water partition coefficient (Wildman–Crippen LogP) is 3.00. The zero-order chi connectivity index (χ0) is 11.0. The predicted molar refractivity (Wildman–Crippen MR) is 64.3 cm³/mol. The summed E-state index contributed by atoms with van der Waals surface area (Å²) in [7, 11) is 0. The number of nitrogens with one attached hydrogen (secondary N) is 1. The van der Waals surface area contributed by atoms with Gasteiger partial charge >= 0.3 is 0 Å². The van der Waals surface area contributed by atoms with Crippen molar-refractivity contribution in [1.82, 2.24) is 15.0 Å². The third-order valence-electron chi connectivity index (χ3n) is 3.49. The number of nitrogens with zero attached hydrogens (tertiary/aromatic N) is 2. The minimum Gasteiger partial charge on any atom is -0.341 e. The molecule has 0 unspecified atom stereocenters. The van der Waals surface area contributed by atoms with Gasteiger partial charge in [0, 0.05) is 12.1 Å². The molecule has 0 spiro atoms. The number of fused-ring (bicyclic) bond motifs is 1. The minimum absolute atomic E-state index is 0.835. The molecule has 0 aromatic carbocycles. The van der Waals surface area contributed by atoms with Crippen LogP contribution in [0.3, 0.4) is 0 Å². The van der Waals surface area contributed by atoms with E-state index in [1.54, 1.807) is 0 Å². The van der Waals surface area contributed by atoms with Crippen LogP contribution in [0, 0.1) is 12.8 Å². The lowest BCUT2D eigenvalue weighted by molar-refractivity contribution is 0.534. The summed E-state index contributed by atoms with van der Waals surface area (Å²) in [5.41, 5.74) is 2.97. The van der Waals surface area contributed by atoms with Gasteiger partial charge in [0.2, 0.25) is 0 Å². The first-order chi connectivity index (χ1) is 7.81. The summed E-state index contributed by atoms with van der Waals surface area (Å²) in [6.07, 6.45) is 6.60. The van der Waals surface area contributed by atoms with Gasteiger partial charge in [0.25, 0.3) is 0 Å². The van der Waals surface area contributed by atoms with Crippen molar-refractivity contribution in [2.75, 3.05) is 0 Å².